The zero-order valence-corrected chi connectivity index (χ0v) is 9.87. The van der Waals surface area contributed by atoms with Crippen molar-refractivity contribution in [3.8, 4) is 0 Å². The maximum absolute atomic E-state index is 4.23. The van der Waals surface area contributed by atoms with Crippen LogP contribution >= 0.6 is 11.8 Å². The first-order valence-electron chi connectivity index (χ1n) is 5.28. The summed E-state index contributed by atoms with van der Waals surface area (Å²) >= 11 is 1.91. The van der Waals surface area contributed by atoms with Gasteiger partial charge in [0.2, 0.25) is 0 Å². The smallest absolute Gasteiger partial charge is 0.113 e. The van der Waals surface area contributed by atoms with Crippen molar-refractivity contribution in [3.05, 3.63) is 24.3 Å². The van der Waals surface area contributed by atoms with Crippen LogP contribution in [0.3, 0.4) is 0 Å². The highest BCUT2D eigenvalue weighted by molar-refractivity contribution is 7.99. The molecule has 0 radical (unpaired) electrons. The SMILES string of the molecule is CCSC(CC)n1nnc2ccccc21. The third-order valence-corrected chi connectivity index (χ3v) is 3.61. The van der Waals surface area contributed by atoms with Crippen molar-refractivity contribution in [2.45, 2.75) is 25.6 Å². The molecule has 15 heavy (non-hydrogen) atoms. The Hall–Kier alpha value is -1.03. The molecule has 2 aromatic rings. The maximum Gasteiger partial charge on any atom is 0.113 e. The summed E-state index contributed by atoms with van der Waals surface area (Å²) in [5.74, 6) is 1.10. The highest BCUT2D eigenvalue weighted by atomic mass is 32.2. The number of aromatic nitrogens is 3. The average Bonchev–Trinajstić information content (AvgIpc) is 2.70. The lowest BCUT2D eigenvalue weighted by Gasteiger charge is -2.13. The minimum absolute atomic E-state index is 0.405. The number of hydrogen-bond donors (Lipinski definition) is 0. The predicted molar refractivity (Wildman–Crippen MR) is 65.0 cm³/mol. The third-order valence-electron chi connectivity index (χ3n) is 2.36. The molecule has 80 valence electrons. The monoisotopic (exact) mass is 221 g/mol. The zero-order chi connectivity index (χ0) is 10.7. The highest BCUT2D eigenvalue weighted by Gasteiger charge is 2.12. The van der Waals surface area contributed by atoms with E-state index in [0.717, 1.165) is 23.2 Å². The van der Waals surface area contributed by atoms with Crippen molar-refractivity contribution in [2.75, 3.05) is 5.75 Å². The van der Waals surface area contributed by atoms with Crippen molar-refractivity contribution in [1.29, 1.82) is 0 Å². The van der Waals surface area contributed by atoms with E-state index in [1.165, 1.54) is 0 Å². The van der Waals surface area contributed by atoms with Gasteiger partial charge >= 0.3 is 0 Å². The Bertz CT molecular complexity index is 438. The van der Waals surface area contributed by atoms with Crippen LogP contribution in [-0.2, 0) is 0 Å². The van der Waals surface area contributed by atoms with Gasteiger partial charge in [-0.2, -0.15) is 0 Å². The van der Waals surface area contributed by atoms with Crippen LogP contribution in [0.2, 0.25) is 0 Å². The lowest BCUT2D eigenvalue weighted by atomic mass is 10.3. The zero-order valence-electron chi connectivity index (χ0n) is 9.05. The molecule has 1 atom stereocenters. The van der Waals surface area contributed by atoms with Gasteiger partial charge in [-0.05, 0) is 24.3 Å². The lowest BCUT2D eigenvalue weighted by molar-refractivity contribution is 0.580. The Labute approximate surface area is 93.9 Å². The molecule has 1 aromatic carbocycles. The van der Waals surface area contributed by atoms with Crippen LogP contribution in [0.5, 0.6) is 0 Å². The maximum atomic E-state index is 4.23. The third kappa shape index (κ3) is 2.00. The van der Waals surface area contributed by atoms with Crippen LogP contribution in [0.1, 0.15) is 25.6 Å². The Morgan fingerprint density at radius 3 is 2.87 bits per heavy atom. The number of para-hydroxylation sites is 1. The number of nitrogens with zero attached hydrogens (tertiary/aromatic N) is 3. The molecule has 0 N–H and O–H groups in total. The molecule has 0 bridgehead atoms. The summed E-state index contributed by atoms with van der Waals surface area (Å²) in [6.45, 7) is 4.36. The van der Waals surface area contributed by atoms with E-state index in [-0.39, 0.29) is 0 Å². The van der Waals surface area contributed by atoms with Gasteiger partial charge in [0.05, 0.1) is 10.9 Å². The minimum atomic E-state index is 0.405. The fourth-order valence-electron chi connectivity index (χ4n) is 1.65. The normalized spacial score (nSPS) is 13.2. The van der Waals surface area contributed by atoms with Crippen LogP contribution < -0.4 is 0 Å². The van der Waals surface area contributed by atoms with E-state index in [1.807, 2.05) is 34.6 Å². The van der Waals surface area contributed by atoms with Gasteiger partial charge in [-0.25, -0.2) is 4.68 Å². The van der Waals surface area contributed by atoms with Gasteiger partial charge in [0.25, 0.3) is 0 Å². The average molecular weight is 221 g/mol. The Balaban J connectivity index is 2.41. The summed E-state index contributed by atoms with van der Waals surface area (Å²) in [5, 5.41) is 8.81. The molecular weight excluding hydrogens is 206 g/mol. The summed E-state index contributed by atoms with van der Waals surface area (Å²) in [6, 6.07) is 8.11. The first kappa shape index (κ1) is 10.5. The van der Waals surface area contributed by atoms with Gasteiger partial charge in [0.15, 0.2) is 0 Å². The second kappa shape index (κ2) is 4.66. The summed E-state index contributed by atoms with van der Waals surface area (Å²) in [6.07, 6.45) is 1.08. The molecule has 0 aliphatic rings. The van der Waals surface area contributed by atoms with E-state index in [2.05, 4.69) is 30.2 Å². The molecule has 1 unspecified atom stereocenters. The first-order chi connectivity index (χ1) is 7.36. The van der Waals surface area contributed by atoms with Crippen molar-refractivity contribution < 1.29 is 0 Å². The second-order valence-electron chi connectivity index (χ2n) is 3.34. The summed E-state index contributed by atoms with van der Waals surface area (Å²) < 4.78 is 2.03. The largest absolute Gasteiger partial charge is 0.232 e. The molecule has 0 fully saturated rings. The molecule has 1 aromatic heterocycles. The molecule has 0 saturated heterocycles. The van der Waals surface area contributed by atoms with Crippen LogP contribution in [0.4, 0.5) is 0 Å². The predicted octanol–water partition coefficient (Wildman–Crippen LogP) is 3.09. The molecule has 0 aliphatic heterocycles. The van der Waals surface area contributed by atoms with Crippen molar-refractivity contribution in [2.24, 2.45) is 0 Å². The molecule has 0 aliphatic carbocycles. The van der Waals surface area contributed by atoms with Crippen LogP contribution in [0, 0.1) is 0 Å². The Kier molecular flexibility index (Phi) is 3.26. The fourth-order valence-corrected chi connectivity index (χ4v) is 2.57. The van der Waals surface area contributed by atoms with Crippen molar-refractivity contribution >= 4 is 22.8 Å². The topological polar surface area (TPSA) is 30.7 Å². The van der Waals surface area contributed by atoms with E-state index in [0.29, 0.717) is 5.37 Å². The van der Waals surface area contributed by atoms with Gasteiger partial charge in [0.1, 0.15) is 5.52 Å². The number of thioether (sulfide) groups is 1. The molecule has 4 heteroatoms. The Morgan fingerprint density at radius 1 is 1.33 bits per heavy atom. The molecular formula is C11H15N3S. The molecule has 0 amide bonds. The minimum Gasteiger partial charge on any atom is -0.232 e. The van der Waals surface area contributed by atoms with Gasteiger partial charge in [0, 0.05) is 0 Å². The number of rotatable bonds is 4. The molecule has 3 nitrogen and oxygen atoms in total. The molecule has 0 spiro atoms. The molecule has 2 rings (SSSR count). The second-order valence-corrected chi connectivity index (χ2v) is 4.80. The molecule has 1 heterocycles. The standard InChI is InChI=1S/C11H15N3S/c1-3-11(15-4-2)14-10-8-6-5-7-9(10)12-13-14/h5-8,11H,3-4H2,1-2H3. The first-order valence-corrected chi connectivity index (χ1v) is 6.33. The van der Waals surface area contributed by atoms with E-state index in [1.54, 1.807) is 0 Å². The van der Waals surface area contributed by atoms with Gasteiger partial charge < -0.3 is 0 Å². The summed E-state index contributed by atoms with van der Waals surface area (Å²) in [7, 11) is 0. The number of fused-ring (bicyclic) bond motifs is 1. The Morgan fingerprint density at radius 2 is 2.13 bits per heavy atom. The quantitative estimate of drug-likeness (QED) is 0.795. The number of hydrogen-bond acceptors (Lipinski definition) is 3. The fraction of sp³-hybridized carbons (Fsp3) is 0.455. The number of benzene rings is 1. The van der Waals surface area contributed by atoms with E-state index in [4.69, 9.17) is 0 Å². The van der Waals surface area contributed by atoms with Gasteiger partial charge in [-0.3, -0.25) is 0 Å². The van der Waals surface area contributed by atoms with Crippen LogP contribution in [-0.4, -0.2) is 20.7 Å². The van der Waals surface area contributed by atoms with Crippen molar-refractivity contribution in [3.63, 3.8) is 0 Å². The van der Waals surface area contributed by atoms with Gasteiger partial charge in [-0.15, -0.1) is 16.9 Å². The van der Waals surface area contributed by atoms with Crippen molar-refractivity contribution in [1.82, 2.24) is 15.0 Å². The van der Waals surface area contributed by atoms with E-state index in [9.17, 15) is 0 Å². The lowest BCUT2D eigenvalue weighted by Crippen LogP contribution is -2.06. The summed E-state index contributed by atoms with van der Waals surface area (Å²) in [4.78, 5) is 0. The van der Waals surface area contributed by atoms with E-state index >= 15 is 0 Å². The molecule has 0 saturated carbocycles. The van der Waals surface area contributed by atoms with E-state index < -0.39 is 0 Å². The van der Waals surface area contributed by atoms with Crippen LogP contribution in [0.15, 0.2) is 24.3 Å². The summed E-state index contributed by atoms with van der Waals surface area (Å²) in [5.41, 5.74) is 2.11. The highest BCUT2D eigenvalue weighted by Crippen LogP contribution is 2.27. The van der Waals surface area contributed by atoms with Gasteiger partial charge in [-0.1, -0.05) is 31.2 Å². The van der Waals surface area contributed by atoms with Crippen LogP contribution in [0.25, 0.3) is 11.0 Å².